The molecule has 0 spiro atoms. The highest BCUT2D eigenvalue weighted by Gasteiger charge is 2.14. The first kappa shape index (κ1) is 11.8. The van der Waals surface area contributed by atoms with Gasteiger partial charge < -0.3 is 0 Å². The van der Waals surface area contributed by atoms with E-state index in [1.54, 1.807) is 0 Å². The Balaban J connectivity index is 3.06. The first-order chi connectivity index (χ1) is 6.91. The highest BCUT2D eigenvalue weighted by Crippen LogP contribution is 2.22. The number of hydrogen-bond acceptors (Lipinski definition) is 1. The first-order valence-electron chi connectivity index (χ1n) is 4.03. The number of amides is 1. The summed E-state index contributed by atoms with van der Waals surface area (Å²) in [6, 6.07) is 2.81. The van der Waals surface area contributed by atoms with E-state index in [0.717, 1.165) is 22.1 Å². The molecule has 0 atom stereocenters. The zero-order chi connectivity index (χ0) is 11.6. The molecule has 15 heavy (non-hydrogen) atoms. The van der Waals surface area contributed by atoms with Gasteiger partial charge in [-0.1, -0.05) is 6.58 Å². The Bertz CT molecular complexity index is 400. The molecular formula is C10H8BrF2NO. The predicted molar refractivity (Wildman–Crippen MR) is 57.6 cm³/mol. The molecule has 0 aliphatic rings. The lowest BCUT2D eigenvalue weighted by Crippen LogP contribution is -2.20. The Hall–Kier alpha value is -1.23. The molecule has 1 aromatic rings. The van der Waals surface area contributed by atoms with Gasteiger partial charge in [0.25, 0.3) is 5.91 Å². The molecule has 1 amide bonds. The van der Waals surface area contributed by atoms with Crippen LogP contribution in [0, 0.1) is 11.6 Å². The topological polar surface area (TPSA) is 20.3 Å². The van der Waals surface area contributed by atoms with E-state index in [-0.39, 0.29) is 11.3 Å². The smallest absolute Gasteiger partial charge is 0.263 e. The molecule has 0 bridgehead atoms. The molecule has 0 N–H and O–H groups in total. The van der Waals surface area contributed by atoms with Crippen molar-refractivity contribution >= 4 is 27.7 Å². The van der Waals surface area contributed by atoms with Crippen molar-refractivity contribution in [1.82, 2.24) is 0 Å². The lowest BCUT2D eigenvalue weighted by Gasteiger charge is -2.14. The number of benzene rings is 1. The Kier molecular flexibility index (Phi) is 3.57. The van der Waals surface area contributed by atoms with Crippen LogP contribution in [0.5, 0.6) is 0 Å². The standard InChI is InChI=1S/C10H8BrF2NO/c1-6(2)10(15)14(11)9-4-7(12)3-8(13)5-9/h3-5H,1H2,2H3. The van der Waals surface area contributed by atoms with Crippen LogP contribution in [0.1, 0.15) is 6.92 Å². The Morgan fingerprint density at radius 1 is 1.33 bits per heavy atom. The highest BCUT2D eigenvalue weighted by molar-refractivity contribution is 9.10. The molecule has 80 valence electrons. The largest absolute Gasteiger partial charge is 0.268 e. The summed E-state index contributed by atoms with van der Waals surface area (Å²) in [4.78, 5) is 11.4. The summed E-state index contributed by atoms with van der Waals surface area (Å²) in [5.74, 6) is -1.95. The minimum atomic E-state index is -0.746. The summed E-state index contributed by atoms with van der Waals surface area (Å²) in [6.45, 7) is 4.94. The normalized spacial score (nSPS) is 9.87. The van der Waals surface area contributed by atoms with Gasteiger partial charge in [-0.25, -0.2) is 12.7 Å². The molecule has 0 heterocycles. The van der Waals surface area contributed by atoms with Crippen LogP contribution in [0.15, 0.2) is 30.4 Å². The highest BCUT2D eigenvalue weighted by atomic mass is 79.9. The molecule has 0 unspecified atom stereocenters. The maximum absolute atomic E-state index is 12.8. The van der Waals surface area contributed by atoms with E-state index in [1.807, 2.05) is 0 Å². The summed E-state index contributed by atoms with van der Waals surface area (Å²) in [5.41, 5.74) is 0.344. The molecule has 0 aromatic heterocycles. The van der Waals surface area contributed by atoms with Crippen LogP contribution in [0.3, 0.4) is 0 Å². The molecular weight excluding hydrogens is 268 g/mol. The van der Waals surface area contributed by atoms with Crippen LogP contribution < -0.4 is 3.93 Å². The molecule has 1 aromatic carbocycles. The predicted octanol–water partition coefficient (Wildman–Crippen LogP) is 3.18. The molecule has 1 rings (SSSR count). The zero-order valence-electron chi connectivity index (χ0n) is 7.93. The second-order valence-electron chi connectivity index (χ2n) is 2.99. The van der Waals surface area contributed by atoms with Crippen molar-refractivity contribution in [3.8, 4) is 0 Å². The van der Waals surface area contributed by atoms with Crippen molar-refractivity contribution < 1.29 is 13.6 Å². The van der Waals surface area contributed by atoms with E-state index in [1.165, 1.54) is 6.92 Å². The van der Waals surface area contributed by atoms with Crippen LogP contribution >= 0.6 is 16.1 Å². The number of anilines is 1. The number of carbonyl (C=O) groups excluding carboxylic acids is 1. The Morgan fingerprint density at radius 2 is 1.80 bits per heavy atom. The molecule has 0 saturated carbocycles. The Labute approximate surface area is 94.5 Å². The maximum Gasteiger partial charge on any atom is 0.263 e. The number of halogens is 3. The van der Waals surface area contributed by atoms with E-state index < -0.39 is 17.5 Å². The van der Waals surface area contributed by atoms with E-state index in [0.29, 0.717) is 0 Å². The van der Waals surface area contributed by atoms with Gasteiger partial charge in [0.05, 0.1) is 21.8 Å². The lowest BCUT2D eigenvalue weighted by molar-refractivity contribution is -0.113. The van der Waals surface area contributed by atoms with Gasteiger partial charge in [-0.15, -0.1) is 0 Å². The van der Waals surface area contributed by atoms with Gasteiger partial charge >= 0.3 is 0 Å². The van der Waals surface area contributed by atoms with Gasteiger partial charge in [0.15, 0.2) is 0 Å². The monoisotopic (exact) mass is 275 g/mol. The van der Waals surface area contributed by atoms with Gasteiger partial charge in [0.1, 0.15) is 11.6 Å². The van der Waals surface area contributed by atoms with Gasteiger partial charge in [0.2, 0.25) is 0 Å². The van der Waals surface area contributed by atoms with Gasteiger partial charge in [-0.2, -0.15) is 0 Å². The van der Waals surface area contributed by atoms with Crippen LogP contribution in [-0.2, 0) is 4.79 Å². The van der Waals surface area contributed by atoms with Crippen molar-refractivity contribution in [3.63, 3.8) is 0 Å². The van der Waals surface area contributed by atoms with Crippen molar-refractivity contribution in [2.45, 2.75) is 6.92 Å². The van der Waals surface area contributed by atoms with E-state index in [9.17, 15) is 13.6 Å². The SMILES string of the molecule is C=C(C)C(=O)N(Br)c1cc(F)cc(F)c1. The molecule has 2 nitrogen and oxygen atoms in total. The molecule has 0 aliphatic heterocycles. The molecule has 0 radical (unpaired) electrons. The summed E-state index contributed by atoms with van der Waals surface area (Å²) < 4.78 is 26.6. The van der Waals surface area contributed by atoms with Crippen LogP contribution in [0.2, 0.25) is 0 Å². The van der Waals surface area contributed by atoms with Crippen molar-refractivity contribution in [2.24, 2.45) is 0 Å². The number of nitrogens with zero attached hydrogens (tertiary/aromatic N) is 1. The third-order valence-corrected chi connectivity index (χ3v) is 2.35. The summed E-state index contributed by atoms with van der Waals surface area (Å²) in [5, 5.41) is 0. The van der Waals surface area contributed by atoms with Gasteiger partial charge in [-0.05, 0) is 19.1 Å². The fraction of sp³-hybridized carbons (Fsp3) is 0.100. The first-order valence-corrected chi connectivity index (χ1v) is 4.74. The fourth-order valence-electron chi connectivity index (χ4n) is 0.937. The third kappa shape index (κ3) is 2.86. The lowest BCUT2D eigenvalue weighted by atomic mass is 10.2. The quantitative estimate of drug-likeness (QED) is 0.600. The number of hydrogen-bond donors (Lipinski definition) is 0. The fourth-order valence-corrected chi connectivity index (χ4v) is 1.44. The van der Waals surface area contributed by atoms with Crippen LogP contribution in [0.4, 0.5) is 14.5 Å². The van der Waals surface area contributed by atoms with Crippen LogP contribution in [0.25, 0.3) is 0 Å². The molecule has 0 fully saturated rings. The second-order valence-corrected chi connectivity index (χ2v) is 3.70. The second kappa shape index (κ2) is 4.53. The number of rotatable bonds is 2. The minimum Gasteiger partial charge on any atom is -0.268 e. The zero-order valence-corrected chi connectivity index (χ0v) is 9.51. The van der Waals surface area contributed by atoms with E-state index >= 15 is 0 Å². The maximum atomic E-state index is 12.8. The van der Waals surface area contributed by atoms with E-state index in [4.69, 9.17) is 0 Å². The van der Waals surface area contributed by atoms with E-state index in [2.05, 4.69) is 22.7 Å². The molecule has 5 heteroatoms. The molecule has 0 saturated heterocycles. The van der Waals surface area contributed by atoms with Crippen molar-refractivity contribution in [3.05, 3.63) is 42.0 Å². The summed E-state index contributed by atoms with van der Waals surface area (Å²) in [7, 11) is 0. The van der Waals surface area contributed by atoms with Gasteiger partial charge in [0, 0.05) is 11.6 Å². The summed E-state index contributed by atoms with van der Waals surface area (Å²) in [6.07, 6.45) is 0. The Morgan fingerprint density at radius 3 is 2.20 bits per heavy atom. The number of carbonyl (C=O) groups is 1. The molecule has 0 aliphatic carbocycles. The van der Waals surface area contributed by atoms with Crippen LogP contribution in [-0.4, -0.2) is 5.91 Å². The summed E-state index contributed by atoms with van der Waals surface area (Å²) >= 11 is 2.91. The minimum absolute atomic E-state index is 0.0838. The van der Waals surface area contributed by atoms with Gasteiger partial charge in [-0.3, -0.25) is 4.79 Å². The van der Waals surface area contributed by atoms with Crippen molar-refractivity contribution in [1.29, 1.82) is 0 Å². The average Bonchev–Trinajstić information content (AvgIpc) is 2.13. The average molecular weight is 276 g/mol. The van der Waals surface area contributed by atoms with Crippen molar-refractivity contribution in [2.75, 3.05) is 3.93 Å². The third-order valence-electron chi connectivity index (χ3n) is 1.62.